The molecule has 3 aromatic rings. The zero-order valence-electron chi connectivity index (χ0n) is 21.8. The largest absolute Gasteiger partial charge is 0.494 e. The number of hydrogen-bond donors (Lipinski definition) is 1. The van der Waals surface area contributed by atoms with E-state index in [2.05, 4.69) is 77.1 Å². The molecular formula is C29H38N4O3. The number of aryl methyl sites for hydroxylation is 2. The van der Waals surface area contributed by atoms with Gasteiger partial charge in [0.15, 0.2) is 0 Å². The number of benzene rings is 2. The molecule has 1 saturated heterocycles. The molecule has 1 aromatic heterocycles. The van der Waals surface area contributed by atoms with Crippen molar-refractivity contribution in [1.82, 2.24) is 9.88 Å². The summed E-state index contributed by atoms with van der Waals surface area (Å²) in [6.07, 6.45) is 2.74. The van der Waals surface area contributed by atoms with Crippen LogP contribution in [0.4, 0.5) is 5.69 Å². The molecule has 1 fully saturated rings. The molecule has 192 valence electrons. The van der Waals surface area contributed by atoms with Crippen LogP contribution < -0.4 is 9.64 Å². The molecule has 2 aromatic carbocycles. The van der Waals surface area contributed by atoms with E-state index in [0.717, 1.165) is 43.1 Å². The van der Waals surface area contributed by atoms with Crippen LogP contribution in [0.2, 0.25) is 0 Å². The molecule has 0 radical (unpaired) electrons. The number of aliphatic hydroxyl groups excluding tert-OH is 1. The highest BCUT2D eigenvalue weighted by Gasteiger charge is 2.32. The van der Waals surface area contributed by atoms with Crippen molar-refractivity contribution < 1.29 is 9.84 Å². The van der Waals surface area contributed by atoms with E-state index in [4.69, 9.17) is 9.84 Å². The van der Waals surface area contributed by atoms with Gasteiger partial charge in [-0.05, 0) is 68.7 Å². The average Bonchev–Trinajstić information content (AvgIpc) is 2.90. The summed E-state index contributed by atoms with van der Waals surface area (Å²) in [6.45, 7) is 11.0. The van der Waals surface area contributed by atoms with Crippen LogP contribution in [0.1, 0.15) is 48.7 Å². The number of pyridine rings is 1. The van der Waals surface area contributed by atoms with Gasteiger partial charge in [0, 0.05) is 31.0 Å². The van der Waals surface area contributed by atoms with Crippen LogP contribution in [0.3, 0.4) is 0 Å². The number of nitroso groups, excluding NO2 is 1. The number of nitrogens with zero attached hydrogens (tertiary/aromatic N) is 4. The third-order valence-corrected chi connectivity index (χ3v) is 6.35. The second kappa shape index (κ2) is 13.7. The lowest BCUT2D eigenvalue weighted by atomic mass is 9.98. The zero-order chi connectivity index (χ0) is 25.9. The molecule has 2 heterocycles. The van der Waals surface area contributed by atoms with E-state index in [1.54, 1.807) is 6.20 Å². The van der Waals surface area contributed by atoms with Crippen molar-refractivity contribution in [2.45, 2.75) is 52.8 Å². The molecule has 0 bridgehead atoms. The van der Waals surface area contributed by atoms with Gasteiger partial charge < -0.3 is 14.7 Å². The summed E-state index contributed by atoms with van der Waals surface area (Å²) in [6, 6.07) is 21.2. The van der Waals surface area contributed by atoms with Crippen LogP contribution in [0, 0.1) is 18.8 Å². The minimum Gasteiger partial charge on any atom is -0.494 e. The second-order valence-corrected chi connectivity index (χ2v) is 9.30. The topological polar surface area (TPSA) is 78.3 Å². The molecule has 1 aliphatic rings. The first-order valence-electron chi connectivity index (χ1n) is 12.6. The lowest BCUT2D eigenvalue weighted by Gasteiger charge is -2.46. The first kappa shape index (κ1) is 27.3. The van der Waals surface area contributed by atoms with Crippen LogP contribution in [0.25, 0.3) is 0 Å². The van der Waals surface area contributed by atoms with Crippen molar-refractivity contribution in [2.24, 2.45) is 5.18 Å². The van der Waals surface area contributed by atoms with Crippen LogP contribution >= 0.6 is 0 Å². The quantitative estimate of drug-likeness (QED) is 0.412. The summed E-state index contributed by atoms with van der Waals surface area (Å²) < 4.78 is 5.72. The van der Waals surface area contributed by atoms with Gasteiger partial charge in [-0.25, -0.2) is 0 Å². The zero-order valence-corrected chi connectivity index (χ0v) is 21.8. The summed E-state index contributed by atoms with van der Waals surface area (Å²) >= 11 is 0. The first-order valence-corrected chi connectivity index (χ1v) is 12.6. The van der Waals surface area contributed by atoms with E-state index in [0.29, 0.717) is 0 Å². The van der Waals surface area contributed by atoms with Gasteiger partial charge in [0.25, 0.3) is 0 Å². The van der Waals surface area contributed by atoms with Crippen molar-refractivity contribution >= 4 is 5.69 Å². The maximum Gasteiger partial charge on any atom is 0.134 e. The first-order chi connectivity index (χ1) is 17.4. The highest BCUT2D eigenvalue weighted by Crippen LogP contribution is 2.33. The van der Waals surface area contributed by atoms with Gasteiger partial charge in [0.05, 0.1) is 24.9 Å². The van der Waals surface area contributed by atoms with E-state index in [9.17, 15) is 4.91 Å². The number of ether oxygens (including phenoxy) is 1. The van der Waals surface area contributed by atoms with Gasteiger partial charge in [-0.3, -0.25) is 9.88 Å². The van der Waals surface area contributed by atoms with Crippen molar-refractivity contribution in [1.29, 1.82) is 0 Å². The number of aliphatic hydroxyl groups is 1. The summed E-state index contributed by atoms with van der Waals surface area (Å²) in [5.74, 6) is 0.907. The predicted octanol–water partition coefficient (Wildman–Crippen LogP) is 5.64. The molecule has 2 atom stereocenters. The summed E-state index contributed by atoms with van der Waals surface area (Å²) in [5, 5.41) is 11.7. The molecule has 4 rings (SSSR count). The number of piperazine rings is 1. The van der Waals surface area contributed by atoms with Gasteiger partial charge in [-0.15, -0.1) is 4.91 Å². The maximum atomic E-state index is 10.9. The number of aromatic nitrogens is 1. The summed E-state index contributed by atoms with van der Waals surface area (Å²) in [4.78, 5) is 19.4. The van der Waals surface area contributed by atoms with Crippen LogP contribution in [0.5, 0.6) is 5.75 Å². The normalized spacial score (nSPS) is 17.8. The molecule has 0 amide bonds. The van der Waals surface area contributed by atoms with E-state index in [1.165, 1.54) is 16.8 Å². The molecule has 0 spiro atoms. The lowest BCUT2D eigenvalue weighted by molar-refractivity contribution is 0.166. The molecule has 0 aliphatic carbocycles. The van der Waals surface area contributed by atoms with Gasteiger partial charge in [0.2, 0.25) is 0 Å². The Morgan fingerprint density at radius 1 is 1.00 bits per heavy atom. The average molecular weight is 491 g/mol. The Bertz CT molecular complexity index is 1060. The second-order valence-electron chi connectivity index (χ2n) is 9.30. The molecular weight excluding hydrogens is 452 g/mol. The molecule has 7 nitrogen and oxygen atoms in total. The molecule has 1 N–H and O–H groups in total. The summed E-state index contributed by atoms with van der Waals surface area (Å²) in [5.41, 5.74) is 5.52. The van der Waals surface area contributed by atoms with Crippen LogP contribution in [0.15, 0.2) is 72.0 Å². The smallest absolute Gasteiger partial charge is 0.134 e. The van der Waals surface area contributed by atoms with Crippen molar-refractivity contribution in [3.63, 3.8) is 0 Å². The van der Waals surface area contributed by atoms with Crippen molar-refractivity contribution in [2.75, 3.05) is 31.3 Å². The van der Waals surface area contributed by atoms with E-state index >= 15 is 0 Å². The Labute approximate surface area is 214 Å². The minimum absolute atomic E-state index is 0.0281. The van der Waals surface area contributed by atoms with E-state index in [1.807, 2.05) is 31.2 Å². The van der Waals surface area contributed by atoms with E-state index in [-0.39, 0.29) is 25.4 Å². The predicted molar refractivity (Wildman–Crippen MR) is 145 cm³/mol. The number of hydrogen-bond acceptors (Lipinski definition) is 7. The van der Waals surface area contributed by atoms with Gasteiger partial charge in [-0.1, -0.05) is 48.0 Å². The maximum absolute atomic E-state index is 10.9. The highest BCUT2D eigenvalue weighted by atomic mass is 16.5. The fraction of sp³-hybridized carbons (Fsp3) is 0.414. The van der Waals surface area contributed by atoms with Crippen LogP contribution in [-0.2, 0) is 6.61 Å². The standard InChI is InChI=1S/C22H29N3O2.C7H9NO/c1-4-13-27-21-11-9-20(10-12-21)25-14-18(3)24(16-23-26)15-22(25)19-7-5-17(2)6-8-19;1-6-2-3-7(5-9)8-4-6/h5-12,18,22H,4,13-16H2,1-3H3;2-4,9H,5H2,1H3/t18-,22+;/m1./s1. The fourth-order valence-corrected chi connectivity index (χ4v) is 4.20. The van der Waals surface area contributed by atoms with Gasteiger partial charge in [0.1, 0.15) is 12.4 Å². The Morgan fingerprint density at radius 3 is 2.28 bits per heavy atom. The fourth-order valence-electron chi connectivity index (χ4n) is 4.20. The highest BCUT2D eigenvalue weighted by molar-refractivity contribution is 5.52. The Kier molecular flexibility index (Phi) is 10.4. The van der Waals surface area contributed by atoms with Crippen LogP contribution in [-0.4, -0.2) is 47.4 Å². The summed E-state index contributed by atoms with van der Waals surface area (Å²) in [7, 11) is 0. The molecule has 0 saturated carbocycles. The molecule has 0 unspecified atom stereocenters. The minimum atomic E-state index is 0.0281. The molecule has 36 heavy (non-hydrogen) atoms. The third-order valence-electron chi connectivity index (χ3n) is 6.35. The van der Waals surface area contributed by atoms with Crippen molar-refractivity contribution in [3.8, 4) is 5.75 Å². The molecule has 1 aliphatic heterocycles. The van der Waals surface area contributed by atoms with Gasteiger partial charge in [-0.2, -0.15) is 0 Å². The third kappa shape index (κ3) is 7.60. The Morgan fingerprint density at radius 2 is 1.69 bits per heavy atom. The monoisotopic (exact) mass is 490 g/mol. The Hall–Kier alpha value is -3.29. The molecule has 7 heteroatoms. The number of rotatable bonds is 8. The van der Waals surface area contributed by atoms with Crippen molar-refractivity contribution in [3.05, 3.63) is 94.2 Å². The number of anilines is 1. The Balaban J connectivity index is 0.000000338. The lowest BCUT2D eigenvalue weighted by Crippen LogP contribution is -2.53. The van der Waals surface area contributed by atoms with Gasteiger partial charge >= 0.3 is 0 Å². The van der Waals surface area contributed by atoms with E-state index < -0.39 is 0 Å². The SMILES string of the molecule is CCCOc1ccc(N2C[C@@H](C)N(CN=O)C[C@H]2c2ccc(C)cc2)cc1.Cc1ccc(CO)nc1.